The van der Waals surface area contributed by atoms with Crippen molar-refractivity contribution in [3.8, 4) is 12.1 Å². The minimum absolute atomic E-state index is 0.466. The van der Waals surface area contributed by atoms with Crippen molar-refractivity contribution >= 4 is 11.4 Å². The average Bonchev–Trinajstić information content (AvgIpc) is 2.48. The summed E-state index contributed by atoms with van der Waals surface area (Å²) in [5, 5.41) is 25.3. The summed E-state index contributed by atoms with van der Waals surface area (Å²) < 4.78 is 0. The average molecular weight is 247 g/mol. The van der Waals surface area contributed by atoms with Gasteiger partial charge in [-0.05, 0) is 36.4 Å². The summed E-state index contributed by atoms with van der Waals surface area (Å²) >= 11 is 0. The van der Waals surface area contributed by atoms with E-state index in [1.165, 1.54) is 0 Å². The zero-order valence-electron chi connectivity index (χ0n) is 9.91. The van der Waals surface area contributed by atoms with E-state index in [1.54, 1.807) is 48.5 Å². The Morgan fingerprint density at radius 1 is 0.895 bits per heavy atom. The van der Waals surface area contributed by atoms with Crippen LogP contribution in [0, 0.1) is 22.7 Å². The molecule has 0 amide bonds. The second-order valence-corrected chi connectivity index (χ2v) is 3.63. The molecule has 0 aliphatic rings. The fraction of sp³-hybridized carbons (Fsp3) is 0. The van der Waals surface area contributed by atoms with Crippen LogP contribution in [0.2, 0.25) is 0 Å². The zero-order chi connectivity index (χ0) is 13.5. The lowest BCUT2D eigenvalue weighted by Crippen LogP contribution is -1.86. The third-order valence-electron chi connectivity index (χ3n) is 2.38. The third kappa shape index (κ3) is 3.15. The molecule has 2 rings (SSSR count). The second-order valence-electron chi connectivity index (χ2n) is 3.63. The topological polar surface area (TPSA) is 84.3 Å². The lowest BCUT2D eigenvalue weighted by Gasteiger charge is -1.99. The molecule has 0 fully saturated rings. The molecule has 0 aliphatic carbocycles. The molecule has 0 radical (unpaired) electrons. The predicted octanol–water partition coefficient (Wildman–Crippen LogP) is 3.54. The minimum Gasteiger partial charge on any atom is -0.260 e. The first-order chi connectivity index (χ1) is 9.33. The first kappa shape index (κ1) is 12.3. The molecule has 0 aromatic heterocycles. The summed E-state index contributed by atoms with van der Waals surface area (Å²) in [5.74, 6) is 0. The fourth-order valence-electron chi connectivity index (χ4n) is 1.41. The monoisotopic (exact) mass is 247 g/mol. The summed E-state index contributed by atoms with van der Waals surface area (Å²) in [7, 11) is 0. The molecule has 5 heteroatoms. The summed E-state index contributed by atoms with van der Waals surface area (Å²) in [5.41, 5.74) is 5.01. The van der Waals surface area contributed by atoms with Gasteiger partial charge in [-0.15, -0.1) is 5.11 Å². The molecule has 0 unspecified atom stereocenters. The summed E-state index contributed by atoms with van der Waals surface area (Å²) in [6.07, 6.45) is 0. The summed E-state index contributed by atoms with van der Waals surface area (Å²) in [6.45, 7) is 0. The zero-order valence-corrected chi connectivity index (χ0v) is 9.91. The van der Waals surface area contributed by atoms with Crippen LogP contribution in [-0.4, -0.2) is 0 Å². The fourth-order valence-corrected chi connectivity index (χ4v) is 1.41. The van der Waals surface area contributed by atoms with E-state index in [9.17, 15) is 0 Å². The molecule has 0 aliphatic heterocycles. The first-order valence-corrected chi connectivity index (χ1v) is 5.49. The van der Waals surface area contributed by atoms with E-state index in [-0.39, 0.29) is 0 Å². The maximum absolute atomic E-state index is 8.89. The molecule has 0 bridgehead atoms. The van der Waals surface area contributed by atoms with E-state index in [0.717, 1.165) is 5.69 Å². The lowest BCUT2D eigenvalue weighted by molar-refractivity contribution is 1.13. The van der Waals surface area contributed by atoms with E-state index in [4.69, 9.17) is 10.5 Å². The Bertz CT molecular complexity index is 674. The van der Waals surface area contributed by atoms with Gasteiger partial charge in [0.05, 0.1) is 22.9 Å². The Labute approximate surface area is 110 Å². The van der Waals surface area contributed by atoms with Crippen LogP contribution >= 0.6 is 0 Å². The van der Waals surface area contributed by atoms with Crippen LogP contribution in [0.1, 0.15) is 11.1 Å². The molecular weight excluding hydrogens is 238 g/mol. The molecule has 0 atom stereocenters. The van der Waals surface area contributed by atoms with Crippen LogP contribution in [0.15, 0.2) is 58.9 Å². The van der Waals surface area contributed by atoms with Crippen molar-refractivity contribution in [3.63, 3.8) is 0 Å². The van der Waals surface area contributed by atoms with E-state index >= 15 is 0 Å². The van der Waals surface area contributed by atoms with Gasteiger partial charge in [-0.25, -0.2) is 0 Å². The molecule has 0 saturated heterocycles. The van der Waals surface area contributed by atoms with Crippen LogP contribution in [0.3, 0.4) is 0 Å². The lowest BCUT2D eigenvalue weighted by atomic mass is 10.2. The normalized spacial score (nSPS) is 9.79. The maximum Gasteiger partial charge on any atom is 0.105 e. The van der Waals surface area contributed by atoms with E-state index in [0.29, 0.717) is 16.8 Å². The van der Waals surface area contributed by atoms with Gasteiger partial charge in [0.2, 0.25) is 0 Å². The van der Waals surface area contributed by atoms with Crippen molar-refractivity contribution < 1.29 is 0 Å². The molecule has 1 N–H and O–H groups in total. The Balaban J connectivity index is 2.07. The smallest absolute Gasteiger partial charge is 0.105 e. The van der Waals surface area contributed by atoms with E-state index < -0.39 is 0 Å². The van der Waals surface area contributed by atoms with Crippen molar-refractivity contribution in [1.82, 2.24) is 0 Å². The molecule has 5 nitrogen and oxygen atoms in total. The van der Waals surface area contributed by atoms with Gasteiger partial charge in [-0.1, -0.05) is 17.4 Å². The van der Waals surface area contributed by atoms with Gasteiger partial charge in [-0.3, -0.25) is 5.43 Å². The van der Waals surface area contributed by atoms with Gasteiger partial charge in [0.15, 0.2) is 0 Å². The van der Waals surface area contributed by atoms with Gasteiger partial charge in [0.1, 0.15) is 11.8 Å². The highest BCUT2D eigenvalue weighted by molar-refractivity contribution is 5.52. The van der Waals surface area contributed by atoms with Gasteiger partial charge in [0.25, 0.3) is 0 Å². The number of nitrogens with zero attached hydrogens (tertiary/aromatic N) is 4. The van der Waals surface area contributed by atoms with Gasteiger partial charge < -0.3 is 0 Å². The number of hydrogen-bond donors (Lipinski definition) is 1. The highest BCUT2D eigenvalue weighted by Gasteiger charge is 1.97. The largest absolute Gasteiger partial charge is 0.260 e. The SMILES string of the molecule is N#Cc1ccc(NN=Nc2ccccc2C#N)cc1. The number of anilines is 1. The molecule has 19 heavy (non-hydrogen) atoms. The number of nitrogens with one attached hydrogen (secondary N) is 1. The Hall–Kier alpha value is -3.18. The number of nitriles is 2. The van der Waals surface area contributed by atoms with E-state index in [2.05, 4.69) is 15.8 Å². The van der Waals surface area contributed by atoms with Crippen molar-refractivity contribution in [1.29, 1.82) is 10.5 Å². The Morgan fingerprint density at radius 3 is 2.32 bits per heavy atom. The quantitative estimate of drug-likeness (QED) is 0.664. The Morgan fingerprint density at radius 2 is 1.63 bits per heavy atom. The number of rotatable bonds is 3. The van der Waals surface area contributed by atoms with E-state index in [1.807, 2.05) is 12.1 Å². The first-order valence-electron chi connectivity index (χ1n) is 5.49. The van der Waals surface area contributed by atoms with Crippen LogP contribution in [0.5, 0.6) is 0 Å². The van der Waals surface area contributed by atoms with Gasteiger partial charge in [0, 0.05) is 0 Å². The standard InChI is InChI=1S/C14H9N5/c15-9-11-5-7-13(8-6-11)17-19-18-14-4-2-1-3-12(14)10-16/h1-8H,(H,17,18). The van der Waals surface area contributed by atoms with Gasteiger partial charge >= 0.3 is 0 Å². The minimum atomic E-state index is 0.466. The van der Waals surface area contributed by atoms with Crippen LogP contribution in [-0.2, 0) is 0 Å². The number of hydrogen-bond acceptors (Lipinski definition) is 4. The molecule has 2 aromatic carbocycles. The van der Waals surface area contributed by atoms with Crippen molar-refractivity contribution in [3.05, 3.63) is 59.7 Å². The van der Waals surface area contributed by atoms with Crippen LogP contribution < -0.4 is 5.43 Å². The third-order valence-corrected chi connectivity index (χ3v) is 2.38. The summed E-state index contributed by atoms with van der Waals surface area (Å²) in [4.78, 5) is 0. The molecule has 2 aromatic rings. The molecule has 90 valence electrons. The second kappa shape index (κ2) is 5.95. The Kier molecular flexibility index (Phi) is 3.84. The highest BCUT2D eigenvalue weighted by atomic mass is 15.4. The predicted molar refractivity (Wildman–Crippen MR) is 70.5 cm³/mol. The van der Waals surface area contributed by atoms with Crippen LogP contribution in [0.25, 0.3) is 0 Å². The molecule has 0 saturated carbocycles. The van der Waals surface area contributed by atoms with Crippen molar-refractivity contribution in [2.45, 2.75) is 0 Å². The highest BCUT2D eigenvalue weighted by Crippen LogP contribution is 2.18. The summed E-state index contributed by atoms with van der Waals surface area (Å²) in [6, 6.07) is 17.8. The number of benzene rings is 2. The molecule has 0 heterocycles. The van der Waals surface area contributed by atoms with Crippen molar-refractivity contribution in [2.24, 2.45) is 10.3 Å². The maximum atomic E-state index is 8.89. The molecular formula is C14H9N5. The van der Waals surface area contributed by atoms with Gasteiger partial charge in [-0.2, -0.15) is 10.5 Å². The van der Waals surface area contributed by atoms with Crippen LogP contribution in [0.4, 0.5) is 11.4 Å². The molecule has 0 spiro atoms. The van der Waals surface area contributed by atoms with Crippen molar-refractivity contribution in [2.75, 3.05) is 5.43 Å².